The highest BCUT2D eigenvalue weighted by Gasteiger charge is 2.14. The van der Waals surface area contributed by atoms with Crippen molar-refractivity contribution in [1.29, 1.82) is 0 Å². The Bertz CT molecular complexity index is 699. The summed E-state index contributed by atoms with van der Waals surface area (Å²) in [5.74, 6) is -1.98. The van der Waals surface area contributed by atoms with Crippen molar-refractivity contribution in [3.8, 4) is 0 Å². The third-order valence-electron chi connectivity index (χ3n) is 3.63. The van der Waals surface area contributed by atoms with Gasteiger partial charge in [0.15, 0.2) is 0 Å². The zero-order valence-corrected chi connectivity index (χ0v) is 13.6. The van der Waals surface area contributed by atoms with E-state index in [0.717, 1.165) is 19.3 Å². The minimum absolute atomic E-state index is 0.0329. The van der Waals surface area contributed by atoms with Crippen LogP contribution in [0.25, 0.3) is 0 Å². The molecule has 4 nitrogen and oxygen atoms in total. The van der Waals surface area contributed by atoms with E-state index in [-0.39, 0.29) is 6.54 Å². The van der Waals surface area contributed by atoms with Crippen LogP contribution >= 0.6 is 0 Å². The Balaban J connectivity index is 1.85. The first-order valence-corrected chi connectivity index (χ1v) is 8.01. The molecule has 5 heteroatoms. The van der Waals surface area contributed by atoms with Crippen molar-refractivity contribution in [2.24, 2.45) is 0 Å². The third-order valence-corrected chi connectivity index (χ3v) is 3.63. The SMILES string of the molecule is CCCCc1ccc(NC(=O)C(=O)NCc2ccccc2F)cc1. The average molecular weight is 328 g/mol. The van der Waals surface area contributed by atoms with E-state index in [9.17, 15) is 14.0 Å². The standard InChI is InChI=1S/C19H21FN2O2/c1-2-3-6-14-9-11-16(12-10-14)22-19(24)18(23)21-13-15-7-4-5-8-17(15)20/h4-5,7-12H,2-3,6,13H2,1H3,(H,21,23)(H,22,24). The van der Waals surface area contributed by atoms with Crippen LogP contribution in [-0.4, -0.2) is 11.8 Å². The van der Waals surface area contributed by atoms with Crippen LogP contribution in [0.2, 0.25) is 0 Å². The lowest BCUT2D eigenvalue weighted by molar-refractivity contribution is -0.136. The minimum atomic E-state index is -0.798. The number of halogens is 1. The van der Waals surface area contributed by atoms with Gasteiger partial charge in [0.2, 0.25) is 0 Å². The summed E-state index contributed by atoms with van der Waals surface area (Å²) in [6.07, 6.45) is 3.23. The number of anilines is 1. The predicted molar refractivity (Wildman–Crippen MR) is 91.9 cm³/mol. The number of rotatable bonds is 6. The van der Waals surface area contributed by atoms with E-state index in [4.69, 9.17) is 0 Å². The van der Waals surface area contributed by atoms with Crippen molar-refractivity contribution < 1.29 is 14.0 Å². The maximum absolute atomic E-state index is 13.5. The Morgan fingerprint density at radius 3 is 2.38 bits per heavy atom. The molecule has 126 valence electrons. The van der Waals surface area contributed by atoms with E-state index in [2.05, 4.69) is 17.6 Å². The Kier molecular flexibility index (Phi) is 6.49. The molecule has 0 spiro atoms. The number of hydrogen-bond donors (Lipinski definition) is 2. The smallest absolute Gasteiger partial charge is 0.313 e. The maximum atomic E-state index is 13.5. The number of carbonyl (C=O) groups excluding carboxylic acids is 2. The molecule has 0 atom stereocenters. The largest absolute Gasteiger partial charge is 0.344 e. The van der Waals surface area contributed by atoms with E-state index in [1.165, 1.54) is 11.6 Å². The molecular formula is C19H21FN2O2. The van der Waals surface area contributed by atoms with Gasteiger partial charge in [0.05, 0.1) is 0 Å². The van der Waals surface area contributed by atoms with Gasteiger partial charge in [-0.1, -0.05) is 43.7 Å². The number of unbranched alkanes of at least 4 members (excludes halogenated alkanes) is 1. The summed E-state index contributed by atoms with van der Waals surface area (Å²) in [5.41, 5.74) is 2.08. The van der Waals surface area contributed by atoms with Crippen LogP contribution in [0.5, 0.6) is 0 Å². The number of carbonyl (C=O) groups is 2. The van der Waals surface area contributed by atoms with Crippen LogP contribution in [0.15, 0.2) is 48.5 Å². The Morgan fingerprint density at radius 2 is 1.71 bits per heavy atom. The Morgan fingerprint density at radius 1 is 1.00 bits per heavy atom. The first-order chi connectivity index (χ1) is 11.6. The van der Waals surface area contributed by atoms with Gasteiger partial charge in [-0.2, -0.15) is 0 Å². The monoisotopic (exact) mass is 328 g/mol. The lowest BCUT2D eigenvalue weighted by Gasteiger charge is -2.08. The summed E-state index contributed by atoms with van der Waals surface area (Å²) in [4.78, 5) is 23.7. The molecule has 0 fully saturated rings. The van der Waals surface area contributed by atoms with Crippen LogP contribution in [0, 0.1) is 5.82 Å². The van der Waals surface area contributed by atoms with Crippen LogP contribution in [0.1, 0.15) is 30.9 Å². The van der Waals surface area contributed by atoms with Crippen molar-refractivity contribution >= 4 is 17.5 Å². The van der Waals surface area contributed by atoms with Crippen molar-refractivity contribution in [2.45, 2.75) is 32.7 Å². The molecule has 0 radical (unpaired) electrons. The minimum Gasteiger partial charge on any atom is -0.344 e. The fourth-order valence-electron chi connectivity index (χ4n) is 2.22. The summed E-state index contributed by atoms with van der Waals surface area (Å²) < 4.78 is 13.5. The molecule has 0 aliphatic carbocycles. The molecule has 0 unspecified atom stereocenters. The van der Waals surface area contributed by atoms with E-state index < -0.39 is 17.6 Å². The number of nitrogens with one attached hydrogen (secondary N) is 2. The van der Waals surface area contributed by atoms with Crippen LogP contribution in [-0.2, 0) is 22.6 Å². The lowest BCUT2D eigenvalue weighted by atomic mass is 10.1. The molecule has 0 saturated heterocycles. The topological polar surface area (TPSA) is 58.2 Å². The van der Waals surface area contributed by atoms with Crippen molar-refractivity contribution in [2.75, 3.05) is 5.32 Å². The second kappa shape index (κ2) is 8.82. The molecule has 2 rings (SSSR count). The summed E-state index contributed by atoms with van der Waals surface area (Å²) in [6, 6.07) is 13.5. The van der Waals surface area contributed by atoms with Crippen LogP contribution in [0.3, 0.4) is 0 Å². The molecule has 2 amide bonds. The second-order valence-electron chi connectivity index (χ2n) is 5.53. The van der Waals surface area contributed by atoms with Gasteiger partial charge in [0.25, 0.3) is 0 Å². The first kappa shape index (κ1) is 17.7. The molecule has 0 aliphatic heterocycles. The summed E-state index contributed by atoms with van der Waals surface area (Å²) in [7, 11) is 0. The fraction of sp³-hybridized carbons (Fsp3) is 0.263. The quantitative estimate of drug-likeness (QED) is 0.798. The highest BCUT2D eigenvalue weighted by Crippen LogP contribution is 2.12. The second-order valence-corrected chi connectivity index (χ2v) is 5.53. The van der Waals surface area contributed by atoms with Gasteiger partial charge in [-0.3, -0.25) is 9.59 Å². The molecule has 0 heterocycles. The summed E-state index contributed by atoms with van der Waals surface area (Å²) in [6.45, 7) is 2.10. The van der Waals surface area contributed by atoms with Crippen molar-refractivity contribution in [1.82, 2.24) is 5.32 Å². The van der Waals surface area contributed by atoms with Gasteiger partial charge in [-0.05, 0) is 36.6 Å². The average Bonchev–Trinajstić information content (AvgIpc) is 2.60. The number of hydrogen-bond acceptors (Lipinski definition) is 2. The van der Waals surface area contributed by atoms with Gasteiger partial charge in [-0.15, -0.1) is 0 Å². The zero-order valence-electron chi connectivity index (χ0n) is 13.6. The number of benzene rings is 2. The molecule has 2 N–H and O–H groups in total. The van der Waals surface area contributed by atoms with E-state index in [1.807, 2.05) is 12.1 Å². The highest BCUT2D eigenvalue weighted by molar-refractivity contribution is 6.39. The van der Waals surface area contributed by atoms with Gasteiger partial charge in [0, 0.05) is 17.8 Å². The maximum Gasteiger partial charge on any atom is 0.313 e. The van der Waals surface area contributed by atoms with Crippen molar-refractivity contribution in [3.63, 3.8) is 0 Å². The molecule has 2 aromatic rings. The normalized spacial score (nSPS) is 10.2. The van der Waals surface area contributed by atoms with Gasteiger partial charge in [-0.25, -0.2) is 4.39 Å². The van der Waals surface area contributed by atoms with Crippen LogP contribution < -0.4 is 10.6 Å². The zero-order chi connectivity index (χ0) is 17.4. The predicted octanol–water partition coefficient (Wildman–Crippen LogP) is 3.42. The lowest BCUT2D eigenvalue weighted by Crippen LogP contribution is -2.35. The summed E-state index contributed by atoms with van der Waals surface area (Å²) in [5, 5.41) is 4.94. The molecule has 2 aromatic carbocycles. The Labute approximate surface area is 141 Å². The van der Waals surface area contributed by atoms with Crippen molar-refractivity contribution in [3.05, 3.63) is 65.5 Å². The third kappa shape index (κ3) is 5.19. The van der Waals surface area contributed by atoms with Crippen LogP contribution in [0.4, 0.5) is 10.1 Å². The Hall–Kier alpha value is -2.69. The van der Waals surface area contributed by atoms with Gasteiger partial charge < -0.3 is 10.6 Å². The summed E-state index contributed by atoms with van der Waals surface area (Å²) >= 11 is 0. The van der Waals surface area contributed by atoms with Gasteiger partial charge >= 0.3 is 11.8 Å². The fourth-order valence-corrected chi connectivity index (χ4v) is 2.22. The molecule has 24 heavy (non-hydrogen) atoms. The van der Waals surface area contributed by atoms with Gasteiger partial charge in [0.1, 0.15) is 5.82 Å². The molecular weight excluding hydrogens is 307 g/mol. The first-order valence-electron chi connectivity index (χ1n) is 8.01. The van der Waals surface area contributed by atoms with E-state index in [0.29, 0.717) is 11.3 Å². The highest BCUT2D eigenvalue weighted by atomic mass is 19.1. The van der Waals surface area contributed by atoms with E-state index in [1.54, 1.807) is 30.3 Å². The van der Waals surface area contributed by atoms with E-state index >= 15 is 0 Å². The number of aryl methyl sites for hydroxylation is 1. The number of amides is 2. The molecule has 0 bridgehead atoms. The molecule has 0 saturated carbocycles. The molecule has 0 aromatic heterocycles. The molecule has 0 aliphatic rings.